The SMILES string of the molecule is COC(=O)CCSC[C@@H](C)N. The van der Waals surface area contributed by atoms with Gasteiger partial charge in [0.2, 0.25) is 0 Å². The third-order valence-corrected chi connectivity index (χ3v) is 2.31. The minimum atomic E-state index is -0.151. The molecule has 0 aliphatic rings. The summed E-state index contributed by atoms with van der Waals surface area (Å²) >= 11 is 1.68. The Kier molecular flexibility index (Phi) is 6.36. The highest BCUT2D eigenvalue weighted by molar-refractivity contribution is 7.99. The van der Waals surface area contributed by atoms with Crippen LogP contribution in [0.4, 0.5) is 0 Å². The molecule has 11 heavy (non-hydrogen) atoms. The molecule has 0 aliphatic carbocycles. The Morgan fingerprint density at radius 1 is 1.73 bits per heavy atom. The lowest BCUT2D eigenvalue weighted by atomic mass is 10.4. The van der Waals surface area contributed by atoms with Crippen LogP contribution < -0.4 is 5.73 Å². The fourth-order valence-electron chi connectivity index (χ4n) is 0.527. The second kappa shape index (κ2) is 6.49. The number of thioether (sulfide) groups is 1. The van der Waals surface area contributed by atoms with Gasteiger partial charge in [0.1, 0.15) is 0 Å². The highest BCUT2D eigenvalue weighted by atomic mass is 32.2. The average molecular weight is 177 g/mol. The summed E-state index contributed by atoms with van der Waals surface area (Å²) in [6, 6.07) is 0.206. The minimum absolute atomic E-state index is 0.151. The number of ether oxygens (including phenoxy) is 1. The summed E-state index contributed by atoms with van der Waals surface area (Å²) < 4.78 is 4.47. The van der Waals surface area contributed by atoms with E-state index in [4.69, 9.17) is 5.73 Å². The average Bonchev–Trinajstić information content (AvgIpc) is 1.97. The number of hydrogen-bond acceptors (Lipinski definition) is 4. The summed E-state index contributed by atoms with van der Waals surface area (Å²) in [4.78, 5) is 10.6. The molecule has 0 aromatic carbocycles. The van der Waals surface area contributed by atoms with Crippen LogP contribution in [0.2, 0.25) is 0 Å². The number of methoxy groups -OCH3 is 1. The van der Waals surface area contributed by atoms with E-state index in [0.29, 0.717) is 6.42 Å². The van der Waals surface area contributed by atoms with E-state index in [0.717, 1.165) is 11.5 Å². The van der Waals surface area contributed by atoms with Gasteiger partial charge >= 0.3 is 5.97 Å². The van der Waals surface area contributed by atoms with Crippen molar-refractivity contribution in [3.05, 3.63) is 0 Å². The van der Waals surface area contributed by atoms with Crippen LogP contribution in [0.25, 0.3) is 0 Å². The highest BCUT2D eigenvalue weighted by Gasteiger charge is 2.00. The molecule has 0 saturated carbocycles. The van der Waals surface area contributed by atoms with E-state index in [1.54, 1.807) is 11.8 Å². The lowest BCUT2D eigenvalue weighted by Crippen LogP contribution is -2.18. The zero-order chi connectivity index (χ0) is 8.69. The molecule has 0 fully saturated rings. The van der Waals surface area contributed by atoms with E-state index in [1.165, 1.54) is 7.11 Å². The first kappa shape index (κ1) is 10.8. The summed E-state index contributed by atoms with van der Waals surface area (Å²) in [5, 5.41) is 0. The summed E-state index contributed by atoms with van der Waals surface area (Å²) in [5.74, 6) is 1.55. The topological polar surface area (TPSA) is 52.3 Å². The molecule has 0 saturated heterocycles. The molecule has 0 spiro atoms. The fourth-order valence-corrected chi connectivity index (χ4v) is 1.38. The van der Waals surface area contributed by atoms with Gasteiger partial charge in [-0.25, -0.2) is 0 Å². The molecule has 0 rings (SSSR count). The maximum atomic E-state index is 10.6. The van der Waals surface area contributed by atoms with Crippen molar-refractivity contribution in [1.29, 1.82) is 0 Å². The van der Waals surface area contributed by atoms with Crippen LogP contribution in [0.1, 0.15) is 13.3 Å². The van der Waals surface area contributed by atoms with Crippen molar-refractivity contribution < 1.29 is 9.53 Å². The zero-order valence-electron chi connectivity index (χ0n) is 7.00. The van der Waals surface area contributed by atoms with E-state index in [9.17, 15) is 4.79 Å². The Labute approximate surface area is 71.7 Å². The van der Waals surface area contributed by atoms with Crippen LogP contribution in [0.5, 0.6) is 0 Å². The lowest BCUT2D eigenvalue weighted by molar-refractivity contribution is -0.140. The van der Waals surface area contributed by atoms with Gasteiger partial charge in [-0.05, 0) is 6.92 Å². The van der Waals surface area contributed by atoms with Crippen molar-refractivity contribution in [2.24, 2.45) is 5.73 Å². The van der Waals surface area contributed by atoms with Gasteiger partial charge in [0.25, 0.3) is 0 Å². The maximum absolute atomic E-state index is 10.6. The number of carbonyl (C=O) groups excluding carboxylic acids is 1. The Hall–Kier alpha value is -0.220. The largest absolute Gasteiger partial charge is 0.469 e. The Bertz CT molecular complexity index is 117. The molecule has 2 N–H and O–H groups in total. The molecule has 0 unspecified atom stereocenters. The molecule has 1 atom stereocenters. The van der Waals surface area contributed by atoms with Crippen molar-refractivity contribution in [3.63, 3.8) is 0 Å². The Morgan fingerprint density at radius 3 is 2.82 bits per heavy atom. The second-order valence-corrected chi connectivity index (χ2v) is 3.53. The number of esters is 1. The third kappa shape index (κ3) is 7.68. The second-order valence-electron chi connectivity index (χ2n) is 2.38. The van der Waals surface area contributed by atoms with E-state index >= 15 is 0 Å². The number of rotatable bonds is 5. The van der Waals surface area contributed by atoms with Gasteiger partial charge in [0, 0.05) is 17.5 Å². The van der Waals surface area contributed by atoms with Crippen LogP contribution in [-0.4, -0.2) is 30.6 Å². The van der Waals surface area contributed by atoms with Crippen molar-refractivity contribution >= 4 is 17.7 Å². The van der Waals surface area contributed by atoms with Crippen LogP contribution in [0.15, 0.2) is 0 Å². The molecule has 4 heteroatoms. The van der Waals surface area contributed by atoms with E-state index < -0.39 is 0 Å². The number of carbonyl (C=O) groups is 1. The van der Waals surface area contributed by atoms with Crippen LogP contribution in [0, 0.1) is 0 Å². The Morgan fingerprint density at radius 2 is 2.36 bits per heavy atom. The van der Waals surface area contributed by atoms with Crippen molar-refractivity contribution in [2.75, 3.05) is 18.6 Å². The standard InChI is InChI=1S/C7H15NO2S/c1-6(8)5-11-4-3-7(9)10-2/h6H,3-5,8H2,1-2H3/t6-/m1/s1. The molecule has 0 aliphatic heterocycles. The van der Waals surface area contributed by atoms with Crippen LogP contribution >= 0.6 is 11.8 Å². The van der Waals surface area contributed by atoms with Gasteiger partial charge in [-0.2, -0.15) is 11.8 Å². The van der Waals surface area contributed by atoms with E-state index in [-0.39, 0.29) is 12.0 Å². The predicted octanol–water partition coefficient (Wildman–Crippen LogP) is 0.630. The molecule has 0 aromatic heterocycles. The predicted molar refractivity (Wildman–Crippen MR) is 47.6 cm³/mol. The molecular weight excluding hydrogens is 162 g/mol. The summed E-state index contributed by atoms with van der Waals surface area (Å²) in [7, 11) is 1.40. The smallest absolute Gasteiger partial charge is 0.306 e. The third-order valence-electron chi connectivity index (χ3n) is 1.06. The Balaban J connectivity index is 3.08. The van der Waals surface area contributed by atoms with Gasteiger partial charge in [0.15, 0.2) is 0 Å². The van der Waals surface area contributed by atoms with Gasteiger partial charge in [-0.3, -0.25) is 4.79 Å². The molecular formula is C7H15NO2S. The molecule has 0 radical (unpaired) electrons. The van der Waals surface area contributed by atoms with E-state index in [2.05, 4.69) is 4.74 Å². The molecule has 0 heterocycles. The highest BCUT2D eigenvalue weighted by Crippen LogP contribution is 2.03. The van der Waals surface area contributed by atoms with Gasteiger partial charge in [0.05, 0.1) is 13.5 Å². The van der Waals surface area contributed by atoms with Gasteiger partial charge in [-0.1, -0.05) is 0 Å². The summed E-state index contributed by atoms with van der Waals surface area (Å²) in [6.45, 7) is 1.95. The fraction of sp³-hybridized carbons (Fsp3) is 0.857. The van der Waals surface area contributed by atoms with Crippen LogP contribution in [-0.2, 0) is 9.53 Å². The van der Waals surface area contributed by atoms with E-state index in [1.807, 2.05) is 6.92 Å². The van der Waals surface area contributed by atoms with Crippen molar-refractivity contribution in [3.8, 4) is 0 Å². The monoisotopic (exact) mass is 177 g/mol. The summed E-state index contributed by atoms with van der Waals surface area (Å²) in [5.41, 5.74) is 5.50. The normalized spacial score (nSPS) is 12.6. The number of nitrogens with two attached hydrogens (primary N) is 1. The van der Waals surface area contributed by atoms with Gasteiger partial charge in [-0.15, -0.1) is 0 Å². The maximum Gasteiger partial charge on any atom is 0.306 e. The molecule has 0 bridgehead atoms. The first-order valence-corrected chi connectivity index (χ1v) is 4.72. The quantitative estimate of drug-likeness (QED) is 0.494. The molecule has 3 nitrogen and oxygen atoms in total. The first-order chi connectivity index (χ1) is 5.16. The van der Waals surface area contributed by atoms with Gasteiger partial charge < -0.3 is 10.5 Å². The van der Waals surface area contributed by atoms with Crippen molar-refractivity contribution in [2.45, 2.75) is 19.4 Å². The minimum Gasteiger partial charge on any atom is -0.469 e. The van der Waals surface area contributed by atoms with Crippen molar-refractivity contribution in [1.82, 2.24) is 0 Å². The number of hydrogen-bond donors (Lipinski definition) is 1. The van der Waals surface area contributed by atoms with Crippen LogP contribution in [0.3, 0.4) is 0 Å². The lowest BCUT2D eigenvalue weighted by Gasteiger charge is -2.03. The molecule has 66 valence electrons. The first-order valence-electron chi connectivity index (χ1n) is 3.57. The molecule has 0 aromatic rings. The molecule has 0 amide bonds. The zero-order valence-corrected chi connectivity index (χ0v) is 7.82. The summed E-state index contributed by atoms with van der Waals surface area (Å²) in [6.07, 6.45) is 0.480.